The van der Waals surface area contributed by atoms with Crippen LogP contribution in [0.1, 0.15) is 42.1 Å². The Hall–Kier alpha value is -2.69. The maximum absolute atomic E-state index is 12.9. The number of hydrogen-bond acceptors (Lipinski definition) is 4. The van der Waals surface area contributed by atoms with E-state index in [1.54, 1.807) is 32.4 Å². The molecule has 3 rings (SSSR count). The first-order valence-corrected chi connectivity index (χ1v) is 10.4. The van der Waals surface area contributed by atoms with Gasteiger partial charge in [-0.05, 0) is 68.4 Å². The van der Waals surface area contributed by atoms with Gasteiger partial charge in [-0.2, -0.15) is 0 Å². The van der Waals surface area contributed by atoms with E-state index < -0.39 is 0 Å². The largest absolute Gasteiger partial charge is 0.497 e. The van der Waals surface area contributed by atoms with Crippen molar-refractivity contribution in [2.45, 2.75) is 32.6 Å². The van der Waals surface area contributed by atoms with Crippen LogP contribution in [0, 0.1) is 5.92 Å². The van der Waals surface area contributed by atoms with Gasteiger partial charge in [0.2, 0.25) is 0 Å². The Morgan fingerprint density at radius 3 is 2.31 bits per heavy atom. The average molecular weight is 398 g/mol. The zero-order valence-electron chi connectivity index (χ0n) is 17.6. The smallest absolute Gasteiger partial charge is 0.257 e. The van der Waals surface area contributed by atoms with E-state index in [2.05, 4.69) is 12.1 Å². The summed E-state index contributed by atoms with van der Waals surface area (Å²) >= 11 is 0. The number of hydrogen-bond donors (Lipinski definition) is 0. The lowest BCUT2D eigenvalue weighted by Gasteiger charge is -2.32. The molecule has 0 atom stereocenters. The number of rotatable bonds is 8. The Morgan fingerprint density at radius 2 is 1.69 bits per heavy atom. The molecule has 1 amide bonds. The number of methoxy groups -OCH3 is 2. The van der Waals surface area contributed by atoms with E-state index in [1.807, 2.05) is 24.0 Å². The standard InChI is InChI=1S/C24H31NO4/c1-4-29-20-9-7-18(8-10-20)5-6-19-13-15-25(16-14-19)24(26)22-12-11-21(27-2)17-23(22)28-3/h7-12,17,19H,4-6,13-16H2,1-3H3. The first-order valence-electron chi connectivity index (χ1n) is 10.4. The third-order valence-corrected chi connectivity index (χ3v) is 5.62. The molecule has 2 aromatic rings. The molecule has 156 valence electrons. The number of ether oxygens (including phenoxy) is 3. The summed E-state index contributed by atoms with van der Waals surface area (Å²) in [5, 5.41) is 0. The molecule has 0 unspecified atom stereocenters. The number of aryl methyl sites for hydroxylation is 1. The number of carbonyl (C=O) groups excluding carboxylic acids is 1. The molecule has 1 aliphatic rings. The molecule has 0 radical (unpaired) electrons. The fourth-order valence-electron chi connectivity index (χ4n) is 3.86. The maximum atomic E-state index is 12.9. The zero-order valence-corrected chi connectivity index (χ0v) is 17.6. The van der Waals surface area contributed by atoms with E-state index in [4.69, 9.17) is 14.2 Å². The van der Waals surface area contributed by atoms with Crippen molar-refractivity contribution in [3.05, 3.63) is 53.6 Å². The molecule has 0 aliphatic carbocycles. The van der Waals surface area contributed by atoms with Crippen molar-refractivity contribution in [1.82, 2.24) is 4.90 Å². The summed E-state index contributed by atoms with van der Waals surface area (Å²) in [7, 11) is 3.19. The van der Waals surface area contributed by atoms with Gasteiger partial charge in [0.1, 0.15) is 17.2 Å². The van der Waals surface area contributed by atoms with Crippen LogP contribution in [0.15, 0.2) is 42.5 Å². The first kappa shape index (κ1) is 21.0. The molecular formula is C24H31NO4. The number of piperidine rings is 1. The van der Waals surface area contributed by atoms with Gasteiger partial charge in [0.15, 0.2) is 0 Å². The number of likely N-dealkylation sites (tertiary alicyclic amines) is 1. The quantitative estimate of drug-likeness (QED) is 0.654. The third-order valence-electron chi connectivity index (χ3n) is 5.62. The SMILES string of the molecule is CCOc1ccc(CCC2CCN(C(=O)c3ccc(OC)cc3OC)CC2)cc1. The second-order valence-electron chi connectivity index (χ2n) is 7.42. The van der Waals surface area contributed by atoms with Gasteiger partial charge in [-0.15, -0.1) is 0 Å². The number of benzene rings is 2. The first-order chi connectivity index (χ1) is 14.1. The van der Waals surface area contributed by atoms with Gasteiger partial charge in [-0.3, -0.25) is 4.79 Å². The molecule has 5 nitrogen and oxygen atoms in total. The highest BCUT2D eigenvalue weighted by Crippen LogP contribution is 2.28. The fraction of sp³-hybridized carbons (Fsp3) is 0.458. The summed E-state index contributed by atoms with van der Waals surface area (Å²) in [6.07, 6.45) is 4.31. The minimum Gasteiger partial charge on any atom is -0.497 e. The van der Waals surface area contributed by atoms with Gasteiger partial charge in [0.25, 0.3) is 5.91 Å². The van der Waals surface area contributed by atoms with Crippen LogP contribution >= 0.6 is 0 Å². The Kier molecular flexibility index (Phi) is 7.39. The van der Waals surface area contributed by atoms with Crippen molar-refractivity contribution in [3.8, 4) is 17.2 Å². The van der Waals surface area contributed by atoms with Gasteiger partial charge in [0.05, 0.1) is 26.4 Å². The minimum atomic E-state index is 0.0365. The summed E-state index contributed by atoms with van der Waals surface area (Å²) in [5.41, 5.74) is 1.94. The highest BCUT2D eigenvalue weighted by atomic mass is 16.5. The van der Waals surface area contributed by atoms with Crippen LogP contribution in [0.25, 0.3) is 0 Å². The van der Waals surface area contributed by atoms with Crippen molar-refractivity contribution in [2.75, 3.05) is 33.9 Å². The van der Waals surface area contributed by atoms with E-state index in [1.165, 1.54) is 5.56 Å². The molecule has 0 spiro atoms. The van der Waals surface area contributed by atoms with Gasteiger partial charge in [-0.25, -0.2) is 0 Å². The third kappa shape index (κ3) is 5.43. The molecule has 1 saturated heterocycles. The van der Waals surface area contributed by atoms with Gasteiger partial charge in [-0.1, -0.05) is 12.1 Å². The molecule has 1 heterocycles. The summed E-state index contributed by atoms with van der Waals surface area (Å²) in [4.78, 5) is 14.9. The fourth-order valence-corrected chi connectivity index (χ4v) is 3.86. The summed E-state index contributed by atoms with van der Waals surface area (Å²) < 4.78 is 16.1. The van der Waals surface area contributed by atoms with Gasteiger partial charge in [0, 0.05) is 19.2 Å². The zero-order chi connectivity index (χ0) is 20.6. The van der Waals surface area contributed by atoms with E-state index in [-0.39, 0.29) is 5.91 Å². The molecule has 5 heteroatoms. The predicted octanol–water partition coefficient (Wildman–Crippen LogP) is 4.59. The number of amides is 1. The Labute approximate surface area is 173 Å². The van der Waals surface area contributed by atoms with E-state index in [0.29, 0.717) is 29.6 Å². The average Bonchev–Trinajstić information content (AvgIpc) is 2.78. The highest BCUT2D eigenvalue weighted by molar-refractivity contribution is 5.97. The monoisotopic (exact) mass is 397 g/mol. The van der Waals surface area contributed by atoms with Crippen molar-refractivity contribution in [3.63, 3.8) is 0 Å². The highest BCUT2D eigenvalue weighted by Gasteiger charge is 2.25. The summed E-state index contributed by atoms with van der Waals surface area (Å²) in [6.45, 7) is 4.28. The molecule has 1 fully saturated rings. The molecular weight excluding hydrogens is 366 g/mol. The van der Waals surface area contributed by atoms with Crippen LogP contribution in [-0.4, -0.2) is 44.7 Å². The van der Waals surface area contributed by atoms with Crippen LogP contribution < -0.4 is 14.2 Å². The van der Waals surface area contributed by atoms with Crippen LogP contribution in [-0.2, 0) is 6.42 Å². The number of nitrogens with zero attached hydrogens (tertiary/aromatic N) is 1. The molecule has 29 heavy (non-hydrogen) atoms. The van der Waals surface area contributed by atoms with Crippen molar-refractivity contribution in [1.29, 1.82) is 0 Å². The second kappa shape index (κ2) is 10.2. The lowest BCUT2D eigenvalue weighted by molar-refractivity contribution is 0.0683. The van der Waals surface area contributed by atoms with Crippen molar-refractivity contribution < 1.29 is 19.0 Å². The van der Waals surface area contributed by atoms with Crippen LogP contribution in [0.5, 0.6) is 17.2 Å². The maximum Gasteiger partial charge on any atom is 0.257 e. The summed E-state index contributed by atoms with van der Waals surface area (Å²) in [5.74, 6) is 2.87. The normalized spacial score (nSPS) is 14.5. The molecule has 1 aliphatic heterocycles. The van der Waals surface area contributed by atoms with E-state index in [9.17, 15) is 4.79 Å². The topological polar surface area (TPSA) is 48.0 Å². The lowest BCUT2D eigenvalue weighted by Crippen LogP contribution is -2.38. The minimum absolute atomic E-state index is 0.0365. The van der Waals surface area contributed by atoms with Gasteiger partial charge >= 0.3 is 0 Å². The molecule has 0 bridgehead atoms. The Morgan fingerprint density at radius 1 is 1.00 bits per heavy atom. The Bertz CT molecular complexity index is 795. The van der Waals surface area contributed by atoms with Crippen LogP contribution in [0.4, 0.5) is 0 Å². The summed E-state index contributed by atoms with van der Waals surface area (Å²) in [6, 6.07) is 13.7. The number of carbonyl (C=O) groups is 1. The van der Waals surface area contributed by atoms with Crippen LogP contribution in [0.3, 0.4) is 0 Å². The predicted molar refractivity (Wildman–Crippen MR) is 114 cm³/mol. The van der Waals surface area contributed by atoms with E-state index >= 15 is 0 Å². The van der Waals surface area contributed by atoms with Crippen molar-refractivity contribution >= 4 is 5.91 Å². The molecule has 0 saturated carbocycles. The Balaban J connectivity index is 1.50. The van der Waals surface area contributed by atoms with Crippen molar-refractivity contribution in [2.24, 2.45) is 5.92 Å². The second-order valence-corrected chi connectivity index (χ2v) is 7.42. The van der Waals surface area contributed by atoms with Gasteiger partial charge < -0.3 is 19.1 Å². The molecule has 2 aromatic carbocycles. The van der Waals surface area contributed by atoms with E-state index in [0.717, 1.165) is 44.5 Å². The van der Waals surface area contributed by atoms with Crippen LogP contribution in [0.2, 0.25) is 0 Å². The lowest BCUT2D eigenvalue weighted by atomic mass is 9.90. The molecule has 0 N–H and O–H groups in total. The molecule has 0 aromatic heterocycles.